The first-order chi connectivity index (χ1) is 19.3. The van der Waals surface area contributed by atoms with Gasteiger partial charge < -0.3 is 37.5 Å². The van der Waals surface area contributed by atoms with E-state index in [2.05, 4.69) is 5.32 Å². The number of ether oxygens (including phenoxy) is 6. The van der Waals surface area contributed by atoms with E-state index in [-0.39, 0.29) is 13.2 Å². The second-order valence-corrected chi connectivity index (χ2v) is 11.0. The minimum Gasteiger partial charge on any atom is -0.497 e. The number of esters is 4. The zero-order chi connectivity index (χ0) is 30.7. The Balaban J connectivity index is 2.70. The Morgan fingerprint density at radius 2 is 1.39 bits per heavy atom. The highest BCUT2D eigenvalue weighted by molar-refractivity contribution is 7.54. The molecule has 0 aromatic heterocycles. The molecule has 6 atom stereocenters. The van der Waals surface area contributed by atoms with Gasteiger partial charge in [0.25, 0.3) is 0 Å². The van der Waals surface area contributed by atoms with E-state index in [1.54, 1.807) is 38.1 Å². The first kappa shape index (κ1) is 34.2. The van der Waals surface area contributed by atoms with E-state index < -0.39 is 74.5 Å². The van der Waals surface area contributed by atoms with Crippen molar-refractivity contribution in [2.45, 2.75) is 78.0 Å². The van der Waals surface area contributed by atoms with Gasteiger partial charge in [-0.1, -0.05) is 12.1 Å². The predicted octanol–water partition coefficient (Wildman–Crippen LogP) is 2.63. The normalized spacial score (nSPS) is 23.1. The summed E-state index contributed by atoms with van der Waals surface area (Å²) in [5.41, 5.74) is 0.422. The SMILES string of the molecule is CCOP(=O)(OCC)[C@@H](N[C@H]1[C@H](OC(C)=O)O[C@H](COC(C)=O)[C@@H](OC(C)=O)[C@@H]1OC(C)=O)c1ccc(OC)cc1. The first-order valence-corrected chi connectivity index (χ1v) is 14.6. The fourth-order valence-corrected chi connectivity index (χ4v) is 6.21. The lowest BCUT2D eigenvalue weighted by Crippen LogP contribution is -2.66. The summed E-state index contributed by atoms with van der Waals surface area (Å²) in [6, 6.07) is 5.22. The maximum absolute atomic E-state index is 14.2. The highest BCUT2D eigenvalue weighted by Crippen LogP contribution is 2.60. The maximum atomic E-state index is 14.2. The van der Waals surface area contributed by atoms with Crippen molar-refractivity contribution in [2.75, 3.05) is 26.9 Å². The Morgan fingerprint density at radius 3 is 1.85 bits per heavy atom. The van der Waals surface area contributed by atoms with Crippen LogP contribution in [-0.2, 0) is 56.5 Å². The largest absolute Gasteiger partial charge is 0.497 e. The van der Waals surface area contributed by atoms with E-state index in [4.69, 9.17) is 37.5 Å². The Morgan fingerprint density at radius 1 is 0.854 bits per heavy atom. The number of carbonyl (C=O) groups excluding carboxylic acids is 4. The quantitative estimate of drug-likeness (QED) is 0.187. The lowest BCUT2D eigenvalue weighted by Gasteiger charge is -2.46. The summed E-state index contributed by atoms with van der Waals surface area (Å²) in [7, 11) is -2.53. The minimum atomic E-state index is -4.02. The van der Waals surface area contributed by atoms with Crippen molar-refractivity contribution in [3.63, 3.8) is 0 Å². The monoisotopic (exact) mass is 603 g/mol. The molecular formula is C26H38NO13P. The summed E-state index contributed by atoms with van der Waals surface area (Å²) in [5.74, 6) is -3.64. The summed E-state index contributed by atoms with van der Waals surface area (Å²) in [6.07, 6.45) is -5.43. The van der Waals surface area contributed by atoms with Crippen molar-refractivity contribution in [1.29, 1.82) is 0 Å². The van der Waals surface area contributed by atoms with Gasteiger partial charge >= 0.3 is 31.5 Å². The smallest absolute Gasteiger partial charge is 0.351 e. The molecule has 1 saturated heterocycles. The van der Waals surface area contributed by atoms with Crippen LogP contribution in [0.1, 0.15) is 52.9 Å². The third kappa shape index (κ3) is 9.79. The first-order valence-electron chi connectivity index (χ1n) is 12.9. The van der Waals surface area contributed by atoms with E-state index in [0.717, 1.165) is 20.8 Å². The lowest BCUT2D eigenvalue weighted by molar-refractivity contribution is -0.272. The van der Waals surface area contributed by atoms with Crippen molar-refractivity contribution >= 4 is 31.5 Å². The second-order valence-electron chi connectivity index (χ2n) is 8.85. The Kier molecular flexibility index (Phi) is 13.2. The van der Waals surface area contributed by atoms with Crippen LogP contribution in [0.3, 0.4) is 0 Å². The minimum absolute atomic E-state index is 0.0219. The van der Waals surface area contributed by atoms with E-state index in [1.165, 1.54) is 14.0 Å². The Labute approximate surface area is 238 Å². The Hall–Kier alpha value is -3.03. The molecule has 1 heterocycles. The summed E-state index contributed by atoms with van der Waals surface area (Å²) in [5, 5.41) is 3.09. The zero-order valence-corrected chi connectivity index (χ0v) is 25.0. The molecule has 1 aromatic carbocycles. The van der Waals surface area contributed by atoms with Gasteiger partial charge in [-0.2, -0.15) is 0 Å². The number of benzene rings is 1. The average Bonchev–Trinajstić information content (AvgIpc) is 2.88. The van der Waals surface area contributed by atoms with Crippen LogP contribution in [0.2, 0.25) is 0 Å². The van der Waals surface area contributed by atoms with Crippen LogP contribution < -0.4 is 10.1 Å². The molecular weight excluding hydrogens is 565 g/mol. The van der Waals surface area contributed by atoms with Gasteiger partial charge in [0.1, 0.15) is 30.3 Å². The molecule has 0 aliphatic carbocycles. The molecule has 0 amide bonds. The van der Waals surface area contributed by atoms with E-state index in [1.807, 2.05) is 0 Å². The number of rotatable bonds is 14. The molecule has 2 rings (SSSR count). The van der Waals surface area contributed by atoms with Crippen LogP contribution in [0.5, 0.6) is 5.75 Å². The van der Waals surface area contributed by atoms with Crippen LogP contribution in [-0.4, -0.2) is 81.5 Å². The molecule has 14 nitrogen and oxygen atoms in total. The zero-order valence-electron chi connectivity index (χ0n) is 24.1. The lowest BCUT2D eigenvalue weighted by atomic mass is 9.95. The number of carbonyl (C=O) groups is 4. The van der Waals surface area contributed by atoms with Gasteiger partial charge in [-0.3, -0.25) is 29.1 Å². The molecule has 0 radical (unpaired) electrons. The molecule has 0 unspecified atom stereocenters. The summed E-state index contributed by atoms with van der Waals surface area (Å²) < 4.78 is 58.2. The third-order valence-electron chi connectivity index (χ3n) is 5.70. The van der Waals surface area contributed by atoms with Gasteiger partial charge in [-0.25, -0.2) is 0 Å². The van der Waals surface area contributed by atoms with Gasteiger partial charge in [-0.05, 0) is 31.5 Å². The summed E-state index contributed by atoms with van der Waals surface area (Å²) in [4.78, 5) is 48.0. The summed E-state index contributed by atoms with van der Waals surface area (Å²) >= 11 is 0. The van der Waals surface area contributed by atoms with Crippen molar-refractivity contribution in [1.82, 2.24) is 5.32 Å². The Bertz CT molecular complexity index is 1090. The van der Waals surface area contributed by atoms with Gasteiger partial charge in [0.2, 0.25) is 6.29 Å². The molecule has 1 N–H and O–H groups in total. The van der Waals surface area contributed by atoms with E-state index in [9.17, 15) is 23.7 Å². The van der Waals surface area contributed by atoms with Crippen LogP contribution in [0.4, 0.5) is 0 Å². The molecule has 1 aliphatic rings. The van der Waals surface area contributed by atoms with Crippen molar-refractivity contribution < 1.29 is 61.2 Å². The van der Waals surface area contributed by atoms with Crippen molar-refractivity contribution in [2.24, 2.45) is 0 Å². The van der Waals surface area contributed by atoms with Crippen LogP contribution in [0.25, 0.3) is 0 Å². The van der Waals surface area contributed by atoms with Crippen molar-refractivity contribution in [3.05, 3.63) is 29.8 Å². The summed E-state index contributed by atoms with van der Waals surface area (Å²) in [6.45, 7) is 7.46. The molecule has 0 bridgehead atoms. The fraction of sp³-hybridized carbons (Fsp3) is 0.615. The third-order valence-corrected chi connectivity index (χ3v) is 8.02. The molecule has 1 aliphatic heterocycles. The fourth-order valence-electron chi connectivity index (χ4n) is 4.23. The number of methoxy groups -OCH3 is 1. The second kappa shape index (κ2) is 15.8. The van der Waals surface area contributed by atoms with Gasteiger partial charge in [-0.15, -0.1) is 0 Å². The molecule has 0 spiro atoms. The molecule has 0 saturated carbocycles. The number of hydrogen-bond acceptors (Lipinski definition) is 14. The molecule has 1 aromatic rings. The van der Waals surface area contributed by atoms with Crippen LogP contribution in [0.15, 0.2) is 24.3 Å². The van der Waals surface area contributed by atoms with Crippen LogP contribution >= 0.6 is 7.60 Å². The van der Waals surface area contributed by atoms with Gasteiger partial charge in [0, 0.05) is 27.7 Å². The van der Waals surface area contributed by atoms with Gasteiger partial charge in [0.05, 0.1) is 20.3 Å². The standard InChI is InChI=1S/C26H38NO13P/c1-8-35-41(32,36-9-2)25(19-10-12-20(33-7)13-11-19)27-22-24(38-17(5)30)23(37-16(4)29)21(14-34-15(3)28)40-26(22)39-18(6)31/h10-13,21-27H,8-9,14H2,1-7H3/t21-,22-,23-,24-,25-,26-/m1/s1. The molecule has 230 valence electrons. The molecule has 41 heavy (non-hydrogen) atoms. The van der Waals surface area contributed by atoms with E-state index >= 15 is 0 Å². The van der Waals surface area contributed by atoms with Crippen LogP contribution in [0, 0.1) is 0 Å². The average molecular weight is 604 g/mol. The maximum Gasteiger partial charge on any atom is 0.351 e. The number of hydrogen-bond donors (Lipinski definition) is 1. The highest BCUT2D eigenvalue weighted by Gasteiger charge is 2.54. The molecule has 15 heteroatoms. The van der Waals surface area contributed by atoms with Crippen molar-refractivity contribution in [3.8, 4) is 5.75 Å². The number of nitrogens with one attached hydrogen (secondary N) is 1. The predicted molar refractivity (Wildman–Crippen MR) is 142 cm³/mol. The molecule has 1 fully saturated rings. The topological polar surface area (TPSA) is 171 Å². The van der Waals surface area contributed by atoms with Gasteiger partial charge in [0.15, 0.2) is 12.2 Å². The highest BCUT2D eigenvalue weighted by atomic mass is 31.2. The van der Waals surface area contributed by atoms with E-state index in [0.29, 0.717) is 11.3 Å².